The highest BCUT2D eigenvalue weighted by Gasteiger charge is 2.21. The van der Waals surface area contributed by atoms with Gasteiger partial charge in [-0.05, 0) is 84.9 Å². The molecule has 0 radical (unpaired) electrons. The zero-order chi connectivity index (χ0) is 40.7. The molecule has 1 aromatic heterocycles. The summed E-state index contributed by atoms with van der Waals surface area (Å²) in [7, 11) is 0. The van der Waals surface area contributed by atoms with Crippen LogP contribution in [0, 0.1) is 5.41 Å². The average Bonchev–Trinajstić information content (AvgIpc) is 3.67. The Labute approximate surface area is 354 Å². The molecule has 1 heterocycles. The van der Waals surface area contributed by atoms with Crippen LogP contribution < -0.4 is 0 Å². The van der Waals surface area contributed by atoms with Crippen LogP contribution in [-0.2, 0) is 0 Å². The highest BCUT2D eigenvalue weighted by molar-refractivity contribution is 6.27. The summed E-state index contributed by atoms with van der Waals surface area (Å²) in [5, 5.41) is 19.1. The molecule has 0 atom stereocenters. The van der Waals surface area contributed by atoms with Gasteiger partial charge in [-0.15, -0.1) is 0 Å². The van der Waals surface area contributed by atoms with E-state index in [1.807, 2.05) is 36.6 Å². The van der Waals surface area contributed by atoms with Crippen LogP contribution in [0.1, 0.15) is 16.7 Å². The third-order valence-corrected chi connectivity index (χ3v) is 11.9. The van der Waals surface area contributed by atoms with Gasteiger partial charge < -0.3 is 9.98 Å². The minimum absolute atomic E-state index is 0.378. The van der Waals surface area contributed by atoms with E-state index in [1.165, 1.54) is 32.5 Å². The SMILES string of the molecule is N=C(/C=C(\N=Cc1ccccc1)c1c2ccccc2c(-c2ccccc2)c2c1ccc1ccccc12)c1cccc(-c2cccc3c4ccccc4n(-c4ccccc4)c23)c1. The van der Waals surface area contributed by atoms with Crippen molar-refractivity contribution in [2.45, 2.75) is 0 Å². The molecule has 3 heteroatoms. The van der Waals surface area contributed by atoms with Crippen molar-refractivity contribution in [1.82, 2.24) is 4.57 Å². The summed E-state index contributed by atoms with van der Waals surface area (Å²) >= 11 is 0. The summed E-state index contributed by atoms with van der Waals surface area (Å²) in [6.45, 7) is 0. The molecular formula is C58H39N3. The molecule has 0 spiro atoms. The molecule has 0 saturated heterocycles. The van der Waals surface area contributed by atoms with Crippen molar-refractivity contribution in [1.29, 1.82) is 5.41 Å². The van der Waals surface area contributed by atoms with Gasteiger partial charge in [-0.3, -0.25) is 4.99 Å². The zero-order valence-corrected chi connectivity index (χ0v) is 33.3. The van der Waals surface area contributed by atoms with Crippen molar-refractivity contribution < 1.29 is 0 Å². The fraction of sp³-hybridized carbons (Fsp3) is 0. The first-order valence-corrected chi connectivity index (χ1v) is 20.7. The van der Waals surface area contributed by atoms with E-state index >= 15 is 0 Å². The maximum absolute atomic E-state index is 9.85. The second kappa shape index (κ2) is 15.2. The Morgan fingerprint density at radius 3 is 1.90 bits per heavy atom. The van der Waals surface area contributed by atoms with Crippen molar-refractivity contribution in [3.63, 3.8) is 0 Å². The number of para-hydroxylation sites is 3. The van der Waals surface area contributed by atoms with Gasteiger partial charge in [-0.1, -0.05) is 194 Å². The fourth-order valence-electron chi connectivity index (χ4n) is 9.16. The van der Waals surface area contributed by atoms with Gasteiger partial charge in [0.25, 0.3) is 0 Å². The highest BCUT2D eigenvalue weighted by Crippen LogP contribution is 2.45. The van der Waals surface area contributed by atoms with Crippen molar-refractivity contribution in [2.75, 3.05) is 0 Å². The summed E-state index contributed by atoms with van der Waals surface area (Å²) in [5.41, 5.74) is 11.8. The Bertz CT molecular complexity index is 3520. The van der Waals surface area contributed by atoms with Crippen LogP contribution in [0.2, 0.25) is 0 Å². The number of aromatic nitrogens is 1. The lowest BCUT2D eigenvalue weighted by atomic mass is 9.85. The third kappa shape index (κ3) is 6.32. The number of hydrogen-bond donors (Lipinski definition) is 1. The van der Waals surface area contributed by atoms with E-state index < -0.39 is 0 Å². The number of nitrogens with one attached hydrogen (secondary N) is 1. The van der Waals surface area contributed by atoms with Crippen molar-refractivity contribution in [2.24, 2.45) is 4.99 Å². The predicted molar refractivity (Wildman–Crippen MR) is 259 cm³/mol. The van der Waals surface area contributed by atoms with Crippen molar-refractivity contribution in [3.8, 4) is 27.9 Å². The Morgan fingerprint density at radius 1 is 0.475 bits per heavy atom. The number of allylic oxidation sites excluding steroid dienone is 1. The fourth-order valence-corrected chi connectivity index (χ4v) is 9.16. The summed E-state index contributed by atoms with van der Waals surface area (Å²) in [5.74, 6) is 0. The number of nitrogens with zero attached hydrogens (tertiary/aromatic N) is 2. The smallest absolute Gasteiger partial charge is 0.0736 e. The molecule has 0 aliphatic carbocycles. The van der Waals surface area contributed by atoms with Gasteiger partial charge in [0.05, 0.1) is 22.4 Å². The lowest BCUT2D eigenvalue weighted by molar-refractivity contribution is 1.18. The molecule has 3 nitrogen and oxygen atoms in total. The first kappa shape index (κ1) is 36.0. The van der Waals surface area contributed by atoms with Crippen LogP contribution in [0.25, 0.3) is 87.8 Å². The number of aliphatic imine (C=N–C) groups is 1. The van der Waals surface area contributed by atoms with Gasteiger partial charge in [-0.25, -0.2) is 0 Å². The van der Waals surface area contributed by atoms with Gasteiger partial charge in [-0.2, -0.15) is 0 Å². The van der Waals surface area contributed by atoms with Gasteiger partial charge in [0.2, 0.25) is 0 Å². The minimum Gasteiger partial charge on any atom is -0.309 e. The lowest BCUT2D eigenvalue weighted by Gasteiger charge is -2.19. The maximum atomic E-state index is 9.85. The third-order valence-electron chi connectivity index (χ3n) is 11.9. The number of fused-ring (bicyclic) bond motifs is 7. The van der Waals surface area contributed by atoms with E-state index in [4.69, 9.17) is 4.99 Å². The van der Waals surface area contributed by atoms with E-state index in [1.54, 1.807) is 0 Å². The minimum atomic E-state index is 0.378. The Hall–Kier alpha value is -8.14. The van der Waals surface area contributed by atoms with Crippen LogP contribution in [0.3, 0.4) is 0 Å². The number of benzene rings is 10. The second-order valence-corrected chi connectivity index (χ2v) is 15.5. The quantitative estimate of drug-likeness (QED) is 0.0907. The maximum Gasteiger partial charge on any atom is 0.0736 e. The Morgan fingerprint density at radius 2 is 1.10 bits per heavy atom. The van der Waals surface area contributed by atoms with E-state index in [0.717, 1.165) is 72.0 Å². The monoisotopic (exact) mass is 777 g/mol. The topological polar surface area (TPSA) is 41.1 Å². The van der Waals surface area contributed by atoms with E-state index in [9.17, 15) is 5.41 Å². The average molecular weight is 778 g/mol. The number of hydrogen-bond acceptors (Lipinski definition) is 2. The number of rotatable bonds is 8. The molecule has 0 aliphatic heterocycles. The molecule has 0 saturated carbocycles. The molecule has 0 fully saturated rings. The van der Waals surface area contributed by atoms with Crippen LogP contribution in [0.5, 0.6) is 0 Å². The van der Waals surface area contributed by atoms with E-state index in [-0.39, 0.29) is 0 Å². The van der Waals surface area contributed by atoms with Gasteiger partial charge in [0, 0.05) is 39.4 Å². The predicted octanol–water partition coefficient (Wildman–Crippen LogP) is 15.1. The van der Waals surface area contributed by atoms with E-state index in [2.05, 4.69) is 199 Å². The Kier molecular flexibility index (Phi) is 8.98. The first-order valence-electron chi connectivity index (χ1n) is 20.7. The molecule has 11 aromatic rings. The first-order chi connectivity index (χ1) is 30.2. The van der Waals surface area contributed by atoms with Crippen LogP contribution in [0.15, 0.2) is 229 Å². The van der Waals surface area contributed by atoms with Crippen molar-refractivity contribution in [3.05, 3.63) is 241 Å². The van der Waals surface area contributed by atoms with Crippen molar-refractivity contribution >= 4 is 71.7 Å². The Balaban J connectivity index is 1.14. The molecule has 0 bridgehead atoms. The second-order valence-electron chi connectivity index (χ2n) is 15.5. The van der Waals surface area contributed by atoms with Crippen LogP contribution >= 0.6 is 0 Å². The molecule has 0 amide bonds. The molecule has 1 N–H and O–H groups in total. The molecule has 0 unspecified atom stereocenters. The molecule has 286 valence electrons. The summed E-state index contributed by atoms with van der Waals surface area (Å²) in [6, 6.07) is 76.8. The summed E-state index contributed by atoms with van der Waals surface area (Å²) < 4.78 is 2.37. The summed E-state index contributed by atoms with van der Waals surface area (Å²) in [6.07, 6.45) is 3.88. The molecule has 61 heavy (non-hydrogen) atoms. The van der Waals surface area contributed by atoms with E-state index in [0.29, 0.717) is 5.71 Å². The largest absolute Gasteiger partial charge is 0.309 e. The van der Waals surface area contributed by atoms with Gasteiger partial charge in [0.1, 0.15) is 0 Å². The van der Waals surface area contributed by atoms with Crippen LogP contribution in [-0.4, -0.2) is 16.5 Å². The van der Waals surface area contributed by atoms with Gasteiger partial charge in [0.15, 0.2) is 0 Å². The van der Waals surface area contributed by atoms with Gasteiger partial charge >= 0.3 is 0 Å². The highest BCUT2D eigenvalue weighted by atomic mass is 15.0. The summed E-state index contributed by atoms with van der Waals surface area (Å²) in [4.78, 5) is 5.30. The molecule has 11 rings (SSSR count). The molecule has 10 aromatic carbocycles. The molecular weight excluding hydrogens is 739 g/mol. The molecule has 0 aliphatic rings. The zero-order valence-electron chi connectivity index (χ0n) is 33.3. The standard InChI is InChI=1S/C58H39N3/c59-52(43-24-16-23-42(36-43)46-31-17-32-50-47-28-14-15-33-54(47)61(58(46)50)44-25-8-3-9-26-44)37-53(60-38-39-18-4-1-5-19-39)56-49-30-13-12-29-48(49)55(41-21-6-2-7-22-41)57-45-27-11-10-20-40(45)34-35-51(56)57/h1-38,59H/b53-37-,59-52?,60-38?. The lowest BCUT2D eigenvalue weighted by Crippen LogP contribution is -2.00. The van der Waals surface area contributed by atoms with Crippen LogP contribution in [0.4, 0.5) is 0 Å². The normalized spacial score (nSPS) is 12.0.